The lowest BCUT2D eigenvalue weighted by Gasteiger charge is -2.25. The number of nitrogens with zero attached hydrogens (tertiary/aromatic N) is 2. The molecule has 0 aliphatic carbocycles. The van der Waals surface area contributed by atoms with Crippen molar-refractivity contribution in [3.63, 3.8) is 0 Å². The second kappa shape index (κ2) is 14.1. The monoisotopic (exact) mass is 641 g/mol. The topological polar surface area (TPSA) is 117 Å². The quantitative estimate of drug-likeness (QED) is 0.212. The Hall–Kier alpha value is -5.85. The average Bonchev–Trinajstić information content (AvgIpc) is 3.43. The number of rotatable bonds is 10. The zero-order valence-corrected chi connectivity index (χ0v) is 26.4. The van der Waals surface area contributed by atoms with E-state index < -0.39 is 17.4 Å². The number of carbonyl (C=O) groups is 1. The van der Waals surface area contributed by atoms with E-state index in [-0.39, 0.29) is 23.6 Å². The summed E-state index contributed by atoms with van der Waals surface area (Å²) >= 11 is 1.12. The molecular formula is C38H31N3O5S. The van der Waals surface area contributed by atoms with Crippen LogP contribution < -0.4 is 30.0 Å². The molecule has 5 aromatic rings. The van der Waals surface area contributed by atoms with Gasteiger partial charge in [0.1, 0.15) is 35.2 Å². The number of allylic oxidation sites excluding steroid dienone is 1. The number of ether oxygens (including phenoxy) is 3. The van der Waals surface area contributed by atoms with Gasteiger partial charge in [0.15, 0.2) is 0 Å². The van der Waals surface area contributed by atoms with Gasteiger partial charge in [0.05, 0.1) is 34.3 Å². The average molecular weight is 642 g/mol. The summed E-state index contributed by atoms with van der Waals surface area (Å²) in [7, 11) is 0. The van der Waals surface area contributed by atoms with Gasteiger partial charge < -0.3 is 19.9 Å². The van der Waals surface area contributed by atoms with Crippen molar-refractivity contribution in [1.29, 1.82) is 5.26 Å². The molecule has 0 amide bonds. The Labute approximate surface area is 275 Å². The van der Waals surface area contributed by atoms with Gasteiger partial charge in [-0.3, -0.25) is 9.36 Å². The maximum Gasteiger partial charge on any atom is 0.338 e. The first-order valence-electron chi connectivity index (χ1n) is 15.1. The van der Waals surface area contributed by atoms with Crippen molar-refractivity contribution < 1.29 is 19.0 Å². The van der Waals surface area contributed by atoms with Crippen LogP contribution in [0.3, 0.4) is 0 Å². The lowest BCUT2D eigenvalue weighted by atomic mass is 9.84. The Morgan fingerprint density at radius 2 is 1.57 bits per heavy atom. The van der Waals surface area contributed by atoms with Crippen LogP contribution in [-0.2, 0) is 22.7 Å². The third kappa shape index (κ3) is 6.59. The molecular weight excluding hydrogens is 611 g/mol. The molecule has 1 aliphatic rings. The Kier molecular flexibility index (Phi) is 9.32. The van der Waals surface area contributed by atoms with Crippen LogP contribution in [0, 0.1) is 11.3 Å². The van der Waals surface area contributed by atoms with Crippen LogP contribution in [0.2, 0.25) is 0 Å². The molecule has 0 spiro atoms. The maximum atomic E-state index is 13.9. The van der Waals surface area contributed by atoms with Gasteiger partial charge in [-0.1, -0.05) is 91.0 Å². The highest BCUT2D eigenvalue weighted by atomic mass is 32.1. The molecule has 8 nitrogen and oxygen atoms in total. The van der Waals surface area contributed by atoms with Crippen LogP contribution in [0.25, 0.3) is 17.5 Å². The molecule has 9 heteroatoms. The van der Waals surface area contributed by atoms with Crippen LogP contribution >= 0.6 is 11.3 Å². The number of thiazole rings is 1. The summed E-state index contributed by atoms with van der Waals surface area (Å²) in [5.74, 6) is -0.410. The fraction of sp³-hybridized carbons (Fsp3) is 0.132. The normalized spacial score (nSPS) is 14.3. The molecule has 4 aromatic carbocycles. The smallest absolute Gasteiger partial charge is 0.338 e. The Morgan fingerprint density at radius 3 is 2.26 bits per heavy atom. The van der Waals surface area contributed by atoms with Crippen molar-refractivity contribution in [2.24, 2.45) is 5.73 Å². The van der Waals surface area contributed by atoms with Crippen molar-refractivity contribution in [2.75, 3.05) is 6.61 Å². The van der Waals surface area contributed by atoms with Crippen LogP contribution in [0.1, 0.15) is 35.1 Å². The molecule has 2 N–H and O–H groups in total. The number of para-hydroxylation sites is 1. The Balaban J connectivity index is 1.46. The van der Waals surface area contributed by atoms with Crippen LogP contribution in [0.5, 0.6) is 11.5 Å². The van der Waals surface area contributed by atoms with E-state index in [1.807, 2.05) is 91.0 Å². The molecule has 0 radical (unpaired) electrons. The van der Waals surface area contributed by atoms with Crippen molar-refractivity contribution in [3.05, 3.63) is 157 Å². The maximum absolute atomic E-state index is 13.9. The number of nitriles is 1. The zero-order valence-electron chi connectivity index (χ0n) is 25.6. The third-order valence-corrected chi connectivity index (χ3v) is 8.75. The van der Waals surface area contributed by atoms with Gasteiger partial charge in [-0.25, -0.2) is 4.79 Å². The predicted octanol–water partition coefficient (Wildman–Crippen LogP) is 5.06. The number of aromatic nitrogens is 1. The van der Waals surface area contributed by atoms with Crippen LogP contribution in [-0.4, -0.2) is 17.1 Å². The molecule has 0 saturated carbocycles. The summed E-state index contributed by atoms with van der Waals surface area (Å²) in [4.78, 5) is 27.6. The van der Waals surface area contributed by atoms with Crippen molar-refractivity contribution in [3.8, 4) is 17.6 Å². The SMILES string of the molecule is CCOC(=O)C1=c2s/c(=C\c3ccccc3OCc3ccccc3)c(=O)n2C(N)=C(C#N)C1c1cccc(OCc2ccccc2)c1. The van der Waals surface area contributed by atoms with Crippen molar-refractivity contribution in [1.82, 2.24) is 4.57 Å². The van der Waals surface area contributed by atoms with E-state index in [0.29, 0.717) is 45.0 Å². The summed E-state index contributed by atoms with van der Waals surface area (Å²) in [6.45, 7) is 2.50. The number of carbonyl (C=O) groups excluding carboxylic acids is 1. The molecule has 0 bridgehead atoms. The minimum absolute atomic E-state index is 0.0364. The second-order valence-corrected chi connectivity index (χ2v) is 11.7. The van der Waals surface area contributed by atoms with E-state index in [9.17, 15) is 14.9 Å². The van der Waals surface area contributed by atoms with Gasteiger partial charge in [0, 0.05) is 5.56 Å². The first-order valence-corrected chi connectivity index (χ1v) is 15.9. The summed E-state index contributed by atoms with van der Waals surface area (Å²) in [6.07, 6.45) is 1.72. The fourth-order valence-corrected chi connectivity index (χ4v) is 6.58. The molecule has 1 aliphatic heterocycles. The van der Waals surface area contributed by atoms with E-state index >= 15 is 0 Å². The van der Waals surface area contributed by atoms with Crippen LogP contribution in [0.15, 0.2) is 120 Å². The van der Waals surface area contributed by atoms with Crippen molar-refractivity contribution >= 4 is 34.8 Å². The number of fused-ring (bicyclic) bond motifs is 1. The number of benzene rings is 4. The molecule has 234 valence electrons. The summed E-state index contributed by atoms with van der Waals surface area (Å²) in [5.41, 5.74) is 9.64. The second-order valence-electron chi connectivity index (χ2n) is 10.7. The standard InChI is InChI=1S/C38H31N3O5S/c1-2-44-38(43)34-33(28-17-11-18-29(20-28)45-23-25-12-5-3-6-13-25)30(22-39)35(40)41-36(42)32(47-37(34)41)21-27-16-9-10-19-31(27)46-24-26-14-7-4-8-15-26/h3-21,33H,2,23-24,40H2,1H3/b32-21-. The van der Waals surface area contributed by atoms with E-state index in [0.717, 1.165) is 22.5 Å². The van der Waals surface area contributed by atoms with E-state index in [1.165, 1.54) is 4.57 Å². The van der Waals surface area contributed by atoms with Gasteiger partial charge in [0.2, 0.25) is 0 Å². The minimum Gasteiger partial charge on any atom is -0.489 e. The lowest BCUT2D eigenvalue weighted by Crippen LogP contribution is -2.40. The molecule has 2 heterocycles. The van der Waals surface area contributed by atoms with Crippen molar-refractivity contribution in [2.45, 2.75) is 26.1 Å². The molecule has 47 heavy (non-hydrogen) atoms. The third-order valence-electron chi connectivity index (χ3n) is 7.65. The number of hydrogen-bond donors (Lipinski definition) is 1. The largest absolute Gasteiger partial charge is 0.489 e. The predicted molar refractivity (Wildman–Crippen MR) is 182 cm³/mol. The van der Waals surface area contributed by atoms with Gasteiger partial charge >= 0.3 is 5.97 Å². The fourth-order valence-electron chi connectivity index (χ4n) is 5.42. The Morgan fingerprint density at radius 1 is 0.915 bits per heavy atom. The first-order chi connectivity index (χ1) is 23.0. The number of esters is 1. The molecule has 1 aromatic heterocycles. The number of hydrogen-bond acceptors (Lipinski definition) is 8. The minimum atomic E-state index is -0.883. The summed E-state index contributed by atoms with van der Waals surface area (Å²) in [6, 6.07) is 36.3. The molecule has 0 fully saturated rings. The number of nitrogens with two attached hydrogens (primary N) is 1. The van der Waals surface area contributed by atoms with Gasteiger partial charge in [0.25, 0.3) is 5.56 Å². The first kappa shape index (κ1) is 31.1. The van der Waals surface area contributed by atoms with E-state index in [2.05, 4.69) is 6.07 Å². The highest BCUT2D eigenvalue weighted by molar-refractivity contribution is 7.07. The van der Waals surface area contributed by atoms with Gasteiger partial charge in [-0.05, 0) is 47.9 Å². The van der Waals surface area contributed by atoms with E-state index in [1.54, 1.807) is 31.2 Å². The Bertz CT molecular complexity index is 2180. The van der Waals surface area contributed by atoms with E-state index in [4.69, 9.17) is 19.9 Å². The zero-order chi connectivity index (χ0) is 32.8. The summed E-state index contributed by atoms with van der Waals surface area (Å²) < 4.78 is 19.5. The highest BCUT2D eigenvalue weighted by Crippen LogP contribution is 2.38. The molecule has 1 atom stereocenters. The van der Waals surface area contributed by atoms with Gasteiger partial charge in [-0.2, -0.15) is 5.26 Å². The highest BCUT2D eigenvalue weighted by Gasteiger charge is 2.36. The summed E-state index contributed by atoms with van der Waals surface area (Å²) in [5, 5.41) is 10.4. The molecule has 0 saturated heterocycles. The molecule has 1 unspecified atom stereocenters. The lowest BCUT2D eigenvalue weighted by molar-refractivity contribution is -0.136. The van der Waals surface area contributed by atoms with Crippen LogP contribution in [0.4, 0.5) is 0 Å². The molecule has 6 rings (SSSR count). The van der Waals surface area contributed by atoms with Gasteiger partial charge in [-0.15, -0.1) is 11.3 Å².